The highest BCUT2D eigenvalue weighted by Crippen LogP contribution is 2.06. The lowest BCUT2D eigenvalue weighted by molar-refractivity contribution is -0.130. The van der Waals surface area contributed by atoms with Gasteiger partial charge in [0.05, 0.1) is 0 Å². The number of halogens is 1. The van der Waals surface area contributed by atoms with Crippen molar-refractivity contribution in [2.45, 2.75) is 19.5 Å². The molecule has 10 heavy (non-hydrogen) atoms. The maximum Gasteiger partial charge on any atom is 0.257 e. The van der Waals surface area contributed by atoms with Crippen molar-refractivity contribution in [3.05, 3.63) is 12.7 Å². The fourth-order valence-corrected chi connectivity index (χ4v) is 0.375. The molecule has 0 fully saturated rings. The first-order chi connectivity index (χ1) is 4.48. The molecule has 0 spiro atoms. The van der Waals surface area contributed by atoms with Crippen LogP contribution in [-0.4, -0.2) is 18.1 Å². The summed E-state index contributed by atoms with van der Waals surface area (Å²) in [4.78, 5) is 10.7. The summed E-state index contributed by atoms with van der Waals surface area (Å²) in [5, 5.41) is 2.34. The summed E-state index contributed by atoms with van der Waals surface area (Å²) < 4.78 is 12.7. The highest BCUT2D eigenvalue weighted by atomic mass is 19.1. The third-order valence-corrected chi connectivity index (χ3v) is 0.947. The zero-order valence-corrected chi connectivity index (χ0v) is 6.28. The Balaban J connectivity index is 3.74. The van der Waals surface area contributed by atoms with E-state index in [0.717, 1.165) is 0 Å². The summed E-state index contributed by atoms with van der Waals surface area (Å²) in [5.41, 5.74) is -1.79. The first-order valence-corrected chi connectivity index (χ1v) is 3.06. The minimum absolute atomic E-state index is 0.312. The fraction of sp³-hybridized carbons (Fsp3) is 0.571. The van der Waals surface area contributed by atoms with Crippen LogP contribution in [0.2, 0.25) is 0 Å². The molecule has 58 valence electrons. The average Bonchev–Trinajstić information content (AvgIpc) is 1.80. The maximum absolute atomic E-state index is 12.7. The van der Waals surface area contributed by atoms with Crippen LogP contribution in [0.25, 0.3) is 0 Å². The molecule has 0 aliphatic rings. The van der Waals surface area contributed by atoms with Gasteiger partial charge in [0.1, 0.15) is 0 Å². The van der Waals surface area contributed by atoms with E-state index in [1.54, 1.807) is 0 Å². The molecule has 0 radical (unpaired) electrons. The van der Waals surface area contributed by atoms with Crippen molar-refractivity contribution < 1.29 is 9.18 Å². The third-order valence-electron chi connectivity index (χ3n) is 0.947. The van der Waals surface area contributed by atoms with Gasteiger partial charge < -0.3 is 5.32 Å². The van der Waals surface area contributed by atoms with Crippen LogP contribution in [0.1, 0.15) is 13.8 Å². The molecular weight excluding hydrogens is 133 g/mol. The molecule has 1 N–H and O–H groups in total. The van der Waals surface area contributed by atoms with Gasteiger partial charge in [-0.05, 0) is 13.8 Å². The van der Waals surface area contributed by atoms with Gasteiger partial charge in [0.2, 0.25) is 0 Å². The Labute approximate surface area is 60.1 Å². The third kappa shape index (κ3) is 3.22. The molecule has 0 atom stereocenters. The lowest BCUT2D eigenvalue weighted by atomic mass is 10.1. The molecule has 0 saturated carbocycles. The van der Waals surface area contributed by atoms with Crippen molar-refractivity contribution in [1.82, 2.24) is 5.32 Å². The summed E-state index contributed by atoms with van der Waals surface area (Å²) >= 11 is 0. The van der Waals surface area contributed by atoms with Gasteiger partial charge in [-0.1, -0.05) is 6.08 Å². The van der Waals surface area contributed by atoms with Gasteiger partial charge in [-0.25, -0.2) is 4.39 Å². The molecule has 3 heteroatoms. The smallest absolute Gasteiger partial charge is 0.257 e. The number of carbonyl (C=O) groups excluding carboxylic acids is 1. The number of alkyl halides is 1. The van der Waals surface area contributed by atoms with E-state index >= 15 is 0 Å². The van der Waals surface area contributed by atoms with Crippen LogP contribution in [0.4, 0.5) is 4.39 Å². The van der Waals surface area contributed by atoms with Crippen molar-refractivity contribution >= 4 is 5.91 Å². The van der Waals surface area contributed by atoms with E-state index in [0.29, 0.717) is 6.54 Å². The van der Waals surface area contributed by atoms with Gasteiger partial charge in [-0.15, -0.1) is 6.58 Å². The van der Waals surface area contributed by atoms with E-state index in [9.17, 15) is 9.18 Å². The quantitative estimate of drug-likeness (QED) is 0.590. The topological polar surface area (TPSA) is 29.1 Å². The monoisotopic (exact) mass is 145 g/mol. The van der Waals surface area contributed by atoms with E-state index in [1.807, 2.05) is 0 Å². The number of amides is 1. The lowest BCUT2D eigenvalue weighted by Gasteiger charge is -2.12. The Bertz CT molecular complexity index is 137. The number of nitrogens with one attached hydrogen (secondary N) is 1. The van der Waals surface area contributed by atoms with Crippen LogP contribution < -0.4 is 5.32 Å². The Morgan fingerprint density at radius 1 is 1.80 bits per heavy atom. The minimum Gasteiger partial charge on any atom is -0.350 e. The van der Waals surface area contributed by atoms with E-state index in [4.69, 9.17) is 0 Å². The Hall–Kier alpha value is -0.860. The van der Waals surface area contributed by atoms with Crippen LogP contribution in [0.5, 0.6) is 0 Å². The van der Waals surface area contributed by atoms with Crippen molar-refractivity contribution in [3.8, 4) is 0 Å². The predicted octanol–water partition coefficient (Wildman–Crippen LogP) is 1.04. The molecule has 0 saturated heterocycles. The molecule has 2 nitrogen and oxygen atoms in total. The van der Waals surface area contributed by atoms with Crippen molar-refractivity contribution in [2.24, 2.45) is 0 Å². The lowest BCUT2D eigenvalue weighted by Crippen LogP contribution is -2.38. The summed E-state index contributed by atoms with van der Waals surface area (Å²) in [7, 11) is 0. The summed E-state index contributed by atoms with van der Waals surface area (Å²) in [5.74, 6) is -0.604. The predicted molar refractivity (Wildman–Crippen MR) is 38.4 cm³/mol. The van der Waals surface area contributed by atoms with Crippen molar-refractivity contribution in [3.63, 3.8) is 0 Å². The van der Waals surface area contributed by atoms with Crippen LogP contribution in [0.15, 0.2) is 12.7 Å². The van der Waals surface area contributed by atoms with Gasteiger partial charge >= 0.3 is 0 Å². The molecule has 0 heterocycles. The zero-order valence-electron chi connectivity index (χ0n) is 6.28. The highest BCUT2D eigenvalue weighted by molar-refractivity contribution is 5.84. The molecule has 0 aliphatic carbocycles. The fourth-order valence-electron chi connectivity index (χ4n) is 0.375. The molecule has 0 aromatic rings. The van der Waals surface area contributed by atoms with Gasteiger partial charge in [-0.2, -0.15) is 0 Å². The second-order valence-electron chi connectivity index (χ2n) is 2.47. The number of hydrogen-bond donors (Lipinski definition) is 1. The first kappa shape index (κ1) is 9.14. The Kier molecular flexibility index (Phi) is 3.06. The van der Waals surface area contributed by atoms with E-state index in [2.05, 4.69) is 11.9 Å². The summed E-state index contributed by atoms with van der Waals surface area (Å²) in [6.07, 6.45) is 1.50. The molecule has 0 aromatic heterocycles. The molecular formula is C7H12FNO. The molecule has 1 amide bonds. The standard InChI is InChI=1S/C7H12FNO/c1-4-5-9-6(10)7(2,3)8/h4H,1,5H2,2-3H3,(H,9,10). The second-order valence-corrected chi connectivity index (χ2v) is 2.47. The first-order valence-electron chi connectivity index (χ1n) is 3.06. The van der Waals surface area contributed by atoms with Crippen molar-refractivity contribution in [2.75, 3.05) is 6.54 Å². The van der Waals surface area contributed by atoms with Crippen LogP contribution in [0, 0.1) is 0 Å². The average molecular weight is 145 g/mol. The Morgan fingerprint density at radius 2 is 2.30 bits per heavy atom. The second kappa shape index (κ2) is 3.34. The zero-order chi connectivity index (χ0) is 8.20. The molecule has 0 rings (SSSR count). The van der Waals surface area contributed by atoms with Gasteiger partial charge in [0, 0.05) is 6.54 Å². The largest absolute Gasteiger partial charge is 0.350 e. The van der Waals surface area contributed by atoms with E-state index in [-0.39, 0.29) is 0 Å². The van der Waals surface area contributed by atoms with Gasteiger partial charge in [0.15, 0.2) is 5.67 Å². The van der Waals surface area contributed by atoms with Crippen LogP contribution in [-0.2, 0) is 4.79 Å². The van der Waals surface area contributed by atoms with Gasteiger partial charge in [0.25, 0.3) is 5.91 Å². The highest BCUT2D eigenvalue weighted by Gasteiger charge is 2.25. The van der Waals surface area contributed by atoms with Crippen LogP contribution >= 0.6 is 0 Å². The summed E-state index contributed by atoms with van der Waals surface area (Å²) in [6, 6.07) is 0. The normalized spacial score (nSPS) is 10.7. The molecule has 0 unspecified atom stereocenters. The van der Waals surface area contributed by atoms with Crippen LogP contribution in [0.3, 0.4) is 0 Å². The number of rotatable bonds is 3. The Morgan fingerprint density at radius 3 is 2.60 bits per heavy atom. The molecule has 0 aliphatic heterocycles. The van der Waals surface area contributed by atoms with E-state index < -0.39 is 11.6 Å². The maximum atomic E-state index is 12.7. The molecule has 0 aromatic carbocycles. The number of carbonyl (C=O) groups is 1. The summed E-state index contributed by atoms with van der Waals surface area (Å²) in [6.45, 7) is 6.12. The van der Waals surface area contributed by atoms with E-state index in [1.165, 1.54) is 19.9 Å². The van der Waals surface area contributed by atoms with Crippen molar-refractivity contribution in [1.29, 1.82) is 0 Å². The van der Waals surface area contributed by atoms with Gasteiger partial charge in [-0.3, -0.25) is 4.79 Å². The number of hydrogen-bond acceptors (Lipinski definition) is 1. The minimum atomic E-state index is -1.79. The SMILES string of the molecule is C=CCNC(=O)C(C)(C)F. The molecule has 0 bridgehead atoms.